The van der Waals surface area contributed by atoms with Gasteiger partial charge in [-0.1, -0.05) is 27.7 Å². The summed E-state index contributed by atoms with van der Waals surface area (Å²) in [5, 5.41) is 3.40. The number of nitrogens with one attached hydrogen (secondary N) is 2. The smallest absolute Gasteiger partial charge is 0.212 e. The molecule has 0 bridgehead atoms. The molecule has 108 valence electrons. The van der Waals surface area contributed by atoms with Crippen LogP contribution >= 0.6 is 0 Å². The van der Waals surface area contributed by atoms with E-state index in [1.807, 2.05) is 0 Å². The van der Waals surface area contributed by atoms with Crippen molar-refractivity contribution in [1.29, 1.82) is 0 Å². The SMILES string of the molecule is CCNS(=O)(=O)CCNC1CC(C)CC(C)(C)C1. The van der Waals surface area contributed by atoms with Crippen molar-refractivity contribution in [3.8, 4) is 0 Å². The van der Waals surface area contributed by atoms with Crippen molar-refractivity contribution in [2.75, 3.05) is 18.8 Å². The van der Waals surface area contributed by atoms with Crippen molar-refractivity contribution in [2.24, 2.45) is 11.3 Å². The Bertz CT molecular complexity index is 352. The highest BCUT2D eigenvalue weighted by molar-refractivity contribution is 7.89. The van der Waals surface area contributed by atoms with Crippen molar-refractivity contribution >= 4 is 10.0 Å². The first-order valence-corrected chi connectivity index (χ1v) is 8.60. The summed E-state index contributed by atoms with van der Waals surface area (Å²) in [6, 6.07) is 0.459. The molecule has 0 saturated heterocycles. The molecular formula is C13H28N2O2S. The number of hydrogen-bond donors (Lipinski definition) is 2. The van der Waals surface area contributed by atoms with Crippen LogP contribution in [0.2, 0.25) is 0 Å². The van der Waals surface area contributed by atoms with E-state index in [9.17, 15) is 8.42 Å². The molecule has 0 spiro atoms. The predicted octanol–water partition coefficient (Wildman–Crippen LogP) is 1.73. The minimum absolute atomic E-state index is 0.173. The molecule has 5 heteroatoms. The van der Waals surface area contributed by atoms with Gasteiger partial charge >= 0.3 is 0 Å². The van der Waals surface area contributed by atoms with Crippen LogP contribution in [-0.4, -0.2) is 33.3 Å². The molecule has 0 amide bonds. The Morgan fingerprint density at radius 3 is 2.50 bits per heavy atom. The Hall–Kier alpha value is -0.130. The molecule has 4 nitrogen and oxygen atoms in total. The van der Waals surface area contributed by atoms with Crippen LogP contribution in [0.5, 0.6) is 0 Å². The largest absolute Gasteiger partial charge is 0.313 e. The lowest BCUT2D eigenvalue weighted by Crippen LogP contribution is -2.42. The second-order valence-corrected chi connectivity index (χ2v) is 8.31. The number of rotatable bonds is 6. The lowest BCUT2D eigenvalue weighted by Gasteiger charge is -2.39. The second kappa shape index (κ2) is 6.35. The van der Waals surface area contributed by atoms with E-state index in [0.717, 1.165) is 18.8 Å². The summed E-state index contributed by atoms with van der Waals surface area (Å²) in [7, 11) is -3.09. The average Bonchev–Trinajstić information content (AvgIpc) is 2.13. The fourth-order valence-corrected chi connectivity index (χ4v) is 4.16. The van der Waals surface area contributed by atoms with Crippen LogP contribution in [0.25, 0.3) is 0 Å². The van der Waals surface area contributed by atoms with E-state index in [1.54, 1.807) is 6.92 Å². The van der Waals surface area contributed by atoms with Gasteiger partial charge in [0.1, 0.15) is 0 Å². The number of sulfonamides is 1. The van der Waals surface area contributed by atoms with Crippen LogP contribution in [0, 0.1) is 11.3 Å². The summed E-state index contributed by atoms with van der Waals surface area (Å²) in [4.78, 5) is 0. The van der Waals surface area contributed by atoms with E-state index >= 15 is 0 Å². The monoisotopic (exact) mass is 276 g/mol. The Morgan fingerprint density at radius 1 is 1.28 bits per heavy atom. The molecule has 2 unspecified atom stereocenters. The maximum atomic E-state index is 11.5. The van der Waals surface area contributed by atoms with E-state index < -0.39 is 10.0 Å². The summed E-state index contributed by atoms with van der Waals surface area (Å²) in [6.07, 6.45) is 3.56. The molecule has 0 aromatic rings. The molecule has 0 aromatic heterocycles. The van der Waals surface area contributed by atoms with E-state index in [4.69, 9.17) is 0 Å². The molecule has 0 aromatic carbocycles. The zero-order valence-electron chi connectivity index (χ0n) is 12.1. The lowest BCUT2D eigenvalue weighted by molar-refractivity contribution is 0.153. The van der Waals surface area contributed by atoms with E-state index in [1.165, 1.54) is 6.42 Å². The predicted molar refractivity (Wildman–Crippen MR) is 76.1 cm³/mol. The topological polar surface area (TPSA) is 58.2 Å². The standard InChI is InChI=1S/C13H28N2O2S/c1-5-15-18(16,17)7-6-14-12-8-11(2)9-13(3,4)10-12/h11-12,14-15H,5-10H2,1-4H3. The van der Waals surface area contributed by atoms with Crippen LogP contribution in [-0.2, 0) is 10.0 Å². The van der Waals surface area contributed by atoms with E-state index in [2.05, 4.69) is 30.8 Å². The van der Waals surface area contributed by atoms with Crippen LogP contribution in [0.3, 0.4) is 0 Å². The van der Waals surface area contributed by atoms with Gasteiger partial charge in [-0.2, -0.15) is 0 Å². The van der Waals surface area contributed by atoms with Gasteiger partial charge < -0.3 is 5.32 Å². The molecule has 2 atom stereocenters. The maximum absolute atomic E-state index is 11.5. The van der Waals surface area contributed by atoms with Crippen molar-refractivity contribution in [1.82, 2.24) is 10.0 Å². The first-order chi connectivity index (χ1) is 8.24. The van der Waals surface area contributed by atoms with Crippen molar-refractivity contribution in [2.45, 2.75) is 53.0 Å². The fourth-order valence-electron chi connectivity index (χ4n) is 3.19. The summed E-state index contributed by atoms with van der Waals surface area (Å²) >= 11 is 0. The summed E-state index contributed by atoms with van der Waals surface area (Å²) in [5.41, 5.74) is 0.371. The van der Waals surface area contributed by atoms with Crippen molar-refractivity contribution in [3.63, 3.8) is 0 Å². The third kappa shape index (κ3) is 5.67. The van der Waals surface area contributed by atoms with Crippen LogP contribution in [0.15, 0.2) is 0 Å². The summed E-state index contributed by atoms with van der Waals surface area (Å²) in [5.74, 6) is 0.892. The molecule has 1 saturated carbocycles. The van der Waals surface area contributed by atoms with Crippen molar-refractivity contribution in [3.05, 3.63) is 0 Å². The molecule has 1 fully saturated rings. The quantitative estimate of drug-likeness (QED) is 0.777. The average molecular weight is 276 g/mol. The molecule has 1 aliphatic carbocycles. The van der Waals surface area contributed by atoms with Gasteiger partial charge in [-0.05, 0) is 30.6 Å². The molecule has 1 rings (SSSR count). The van der Waals surface area contributed by atoms with Gasteiger partial charge in [-0.25, -0.2) is 13.1 Å². The Balaban J connectivity index is 2.35. The highest BCUT2D eigenvalue weighted by atomic mass is 32.2. The molecule has 1 aliphatic rings. The van der Waals surface area contributed by atoms with Gasteiger partial charge in [0.2, 0.25) is 10.0 Å². The minimum Gasteiger partial charge on any atom is -0.313 e. The molecule has 0 aliphatic heterocycles. The highest BCUT2D eigenvalue weighted by Gasteiger charge is 2.31. The maximum Gasteiger partial charge on any atom is 0.212 e. The first kappa shape index (κ1) is 15.9. The van der Waals surface area contributed by atoms with Crippen LogP contribution in [0.4, 0.5) is 0 Å². The first-order valence-electron chi connectivity index (χ1n) is 6.95. The van der Waals surface area contributed by atoms with Gasteiger partial charge in [-0.15, -0.1) is 0 Å². The minimum atomic E-state index is -3.09. The third-order valence-corrected chi connectivity index (χ3v) is 5.03. The van der Waals surface area contributed by atoms with Crippen LogP contribution in [0.1, 0.15) is 47.0 Å². The van der Waals surface area contributed by atoms with Crippen LogP contribution < -0.4 is 10.0 Å². The molecule has 0 radical (unpaired) electrons. The van der Waals surface area contributed by atoms with Crippen molar-refractivity contribution < 1.29 is 8.42 Å². The second-order valence-electron chi connectivity index (χ2n) is 6.38. The Kier molecular flexibility index (Phi) is 5.62. The Labute approximate surface area is 112 Å². The normalized spacial score (nSPS) is 28.2. The third-order valence-electron chi connectivity index (χ3n) is 3.55. The molecule has 2 N–H and O–H groups in total. The van der Waals surface area contributed by atoms with Gasteiger partial charge in [0.25, 0.3) is 0 Å². The van der Waals surface area contributed by atoms with Gasteiger partial charge in [0, 0.05) is 19.1 Å². The number of hydrogen-bond acceptors (Lipinski definition) is 3. The molecular weight excluding hydrogens is 248 g/mol. The Morgan fingerprint density at radius 2 is 1.94 bits per heavy atom. The molecule has 18 heavy (non-hydrogen) atoms. The summed E-state index contributed by atoms with van der Waals surface area (Å²) in [6.45, 7) is 9.69. The lowest BCUT2D eigenvalue weighted by atomic mass is 9.70. The fraction of sp³-hybridized carbons (Fsp3) is 1.00. The van der Waals surface area contributed by atoms with Gasteiger partial charge in [-0.3, -0.25) is 0 Å². The summed E-state index contributed by atoms with van der Waals surface area (Å²) < 4.78 is 25.5. The zero-order valence-corrected chi connectivity index (χ0v) is 12.9. The van der Waals surface area contributed by atoms with E-state index in [-0.39, 0.29) is 5.75 Å². The van der Waals surface area contributed by atoms with Gasteiger partial charge in [0.15, 0.2) is 0 Å². The van der Waals surface area contributed by atoms with Gasteiger partial charge in [0.05, 0.1) is 5.75 Å². The molecule has 0 heterocycles. The zero-order chi connectivity index (χ0) is 13.8. The van der Waals surface area contributed by atoms with E-state index in [0.29, 0.717) is 24.5 Å². The highest BCUT2D eigenvalue weighted by Crippen LogP contribution is 2.38.